The van der Waals surface area contributed by atoms with E-state index in [1.54, 1.807) is 0 Å². The molecule has 1 aliphatic carbocycles. The van der Waals surface area contributed by atoms with E-state index in [4.69, 9.17) is 29.9 Å². The molecular formula is C72H50N6. The van der Waals surface area contributed by atoms with Gasteiger partial charge in [-0.05, 0) is 110 Å². The van der Waals surface area contributed by atoms with Gasteiger partial charge < -0.3 is 0 Å². The fraction of sp³-hybridized carbons (Fsp3) is 0.0278. The molecule has 0 aliphatic heterocycles. The van der Waals surface area contributed by atoms with Crippen molar-refractivity contribution in [2.45, 2.75) is 12.3 Å². The molecule has 368 valence electrons. The minimum Gasteiger partial charge on any atom is -0.212 e. The summed E-state index contributed by atoms with van der Waals surface area (Å²) in [6, 6.07) is 93.0. The van der Waals surface area contributed by atoms with Gasteiger partial charge in [0.15, 0.2) is 29.1 Å². The van der Waals surface area contributed by atoms with Crippen molar-refractivity contribution in [2.75, 3.05) is 0 Å². The molecule has 12 aromatic rings. The Balaban J connectivity index is 0.805. The summed E-state index contributed by atoms with van der Waals surface area (Å²) in [7, 11) is 0. The molecule has 1 aliphatic rings. The van der Waals surface area contributed by atoms with Crippen molar-refractivity contribution in [3.05, 3.63) is 297 Å². The standard InChI is InChI=1S/C72H50N6/c1-5-20-49(21-6-1)53-28-16-38-63(45-53)70-76-71(64-39-17-29-54(46-64)50-22-7-2-8-23-50)78-72(77-70)66-41-19-37-62(48-66)60-35-15-33-58(44-60)56-31-13-30-55(42-56)57-32-14-34-59(43-57)61-36-18-40-65(47-61)69-74-67(51-24-9-3-10-25-51)73-68(75-69)52-26-11-4-12-27-52/h1-38,40-48,64H,39H2. The Labute approximate surface area is 454 Å². The van der Waals surface area contributed by atoms with Crippen LogP contribution in [0.2, 0.25) is 0 Å². The van der Waals surface area contributed by atoms with Crippen molar-refractivity contribution < 1.29 is 0 Å². The van der Waals surface area contributed by atoms with Gasteiger partial charge in [-0.25, -0.2) is 29.9 Å². The summed E-state index contributed by atoms with van der Waals surface area (Å²) in [5.41, 5.74) is 18.1. The third-order valence-corrected chi connectivity index (χ3v) is 14.2. The van der Waals surface area contributed by atoms with Gasteiger partial charge in [0, 0.05) is 33.7 Å². The maximum Gasteiger partial charge on any atom is 0.164 e. The van der Waals surface area contributed by atoms with Crippen LogP contribution in [0, 0.1) is 0 Å². The lowest BCUT2D eigenvalue weighted by molar-refractivity contribution is 0.766. The number of nitrogens with zero attached hydrogens (tertiary/aromatic N) is 6. The minimum atomic E-state index is -0.0246. The Morgan fingerprint density at radius 2 is 0.487 bits per heavy atom. The molecule has 0 fully saturated rings. The third-order valence-electron chi connectivity index (χ3n) is 14.2. The molecular weight excluding hydrogens is 949 g/mol. The zero-order chi connectivity index (χ0) is 52.0. The highest BCUT2D eigenvalue weighted by Crippen LogP contribution is 2.37. The zero-order valence-electron chi connectivity index (χ0n) is 42.6. The molecule has 0 saturated heterocycles. The van der Waals surface area contributed by atoms with E-state index in [9.17, 15) is 0 Å². The van der Waals surface area contributed by atoms with Crippen molar-refractivity contribution in [2.24, 2.45) is 0 Å². The van der Waals surface area contributed by atoms with Gasteiger partial charge >= 0.3 is 0 Å². The molecule has 0 spiro atoms. The molecule has 78 heavy (non-hydrogen) atoms. The zero-order valence-corrected chi connectivity index (χ0v) is 42.6. The Kier molecular flexibility index (Phi) is 13.1. The maximum absolute atomic E-state index is 5.26. The van der Waals surface area contributed by atoms with Gasteiger partial charge in [-0.2, -0.15) is 0 Å². The molecule has 2 heterocycles. The number of allylic oxidation sites excluding steroid dienone is 4. The summed E-state index contributed by atoms with van der Waals surface area (Å²) in [5, 5.41) is 0. The Morgan fingerprint density at radius 3 is 0.846 bits per heavy atom. The maximum atomic E-state index is 5.26. The normalized spacial score (nSPS) is 13.0. The second-order valence-corrected chi connectivity index (χ2v) is 19.5. The van der Waals surface area contributed by atoms with Crippen LogP contribution in [0.1, 0.15) is 23.7 Å². The van der Waals surface area contributed by atoms with Gasteiger partial charge in [0.2, 0.25) is 0 Å². The second-order valence-electron chi connectivity index (χ2n) is 19.5. The van der Waals surface area contributed by atoms with Crippen molar-refractivity contribution in [1.82, 2.24) is 29.9 Å². The van der Waals surface area contributed by atoms with Gasteiger partial charge in [-0.1, -0.05) is 249 Å². The number of benzene rings is 10. The Bertz CT molecular complexity index is 4120. The monoisotopic (exact) mass is 998 g/mol. The van der Waals surface area contributed by atoms with Gasteiger partial charge in [0.25, 0.3) is 0 Å². The predicted octanol–water partition coefficient (Wildman–Crippen LogP) is 17.9. The van der Waals surface area contributed by atoms with Gasteiger partial charge in [-0.3, -0.25) is 0 Å². The molecule has 10 aromatic carbocycles. The molecule has 0 radical (unpaired) electrons. The summed E-state index contributed by atoms with van der Waals surface area (Å²) >= 11 is 0. The smallest absolute Gasteiger partial charge is 0.164 e. The summed E-state index contributed by atoms with van der Waals surface area (Å²) in [5.74, 6) is 3.92. The second kappa shape index (κ2) is 21.5. The first-order valence-electron chi connectivity index (χ1n) is 26.4. The molecule has 0 amide bonds. The largest absolute Gasteiger partial charge is 0.212 e. The number of aromatic nitrogens is 6. The summed E-state index contributed by atoms with van der Waals surface area (Å²) in [6.45, 7) is 0. The first-order chi connectivity index (χ1) is 38.6. The van der Waals surface area contributed by atoms with Crippen LogP contribution in [-0.2, 0) is 0 Å². The van der Waals surface area contributed by atoms with E-state index in [2.05, 4.69) is 218 Å². The minimum absolute atomic E-state index is 0.0246. The third kappa shape index (κ3) is 10.3. The van der Waals surface area contributed by atoms with E-state index in [1.807, 2.05) is 66.7 Å². The SMILES string of the molecule is C1=CC(c2ccccc2)=CC(c2nc(-c3cccc(-c4ccccc4)c3)nc(-c3cccc(-c4cccc(-c5cccc(-c6cccc(-c7cccc(-c8nc(-c9ccccc9)nc(-c9ccccc9)n8)c7)c6)c5)c4)c3)n2)C1. The molecule has 6 heteroatoms. The van der Waals surface area contributed by atoms with E-state index >= 15 is 0 Å². The van der Waals surface area contributed by atoms with Gasteiger partial charge in [-0.15, -0.1) is 0 Å². The van der Waals surface area contributed by atoms with Crippen LogP contribution in [0.3, 0.4) is 0 Å². The lowest BCUT2D eigenvalue weighted by Crippen LogP contribution is -2.09. The summed E-state index contributed by atoms with van der Waals surface area (Å²) < 4.78 is 0. The first-order valence-corrected chi connectivity index (χ1v) is 26.4. The van der Waals surface area contributed by atoms with Crippen molar-refractivity contribution in [3.8, 4) is 113 Å². The average molecular weight is 999 g/mol. The van der Waals surface area contributed by atoms with Crippen LogP contribution in [0.4, 0.5) is 0 Å². The van der Waals surface area contributed by atoms with Crippen LogP contribution in [0.15, 0.2) is 285 Å². The number of hydrogen-bond donors (Lipinski definition) is 0. The highest BCUT2D eigenvalue weighted by Gasteiger charge is 2.21. The molecule has 2 aromatic heterocycles. The van der Waals surface area contributed by atoms with Crippen LogP contribution in [0.25, 0.3) is 118 Å². The van der Waals surface area contributed by atoms with E-state index in [0.717, 1.165) is 101 Å². The molecule has 0 bridgehead atoms. The van der Waals surface area contributed by atoms with E-state index in [-0.39, 0.29) is 5.92 Å². The quantitative estimate of drug-likeness (QED) is 0.121. The molecule has 1 unspecified atom stereocenters. The van der Waals surface area contributed by atoms with E-state index < -0.39 is 0 Å². The lowest BCUT2D eigenvalue weighted by Gasteiger charge is -2.18. The fourth-order valence-electron chi connectivity index (χ4n) is 10.2. The van der Waals surface area contributed by atoms with Crippen LogP contribution >= 0.6 is 0 Å². The Hall–Kier alpha value is -10.3. The molecule has 1 atom stereocenters. The van der Waals surface area contributed by atoms with E-state index in [0.29, 0.717) is 29.1 Å². The summed E-state index contributed by atoms with van der Waals surface area (Å²) in [6.07, 6.45) is 7.53. The summed E-state index contributed by atoms with van der Waals surface area (Å²) in [4.78, 5) is 30.6. The molecule has 0 N–H and O–H groups in total. The number of rotatable bonds is 12. The molecule has 13 rings (SSSR count). The molecule has 0 saturated carbocycles. The van der Waals surface area contributed by atoms with Gasteiger partial charge in [0.05, 0.1) is 0 Å². The topological polar surface area (TPSA) is 77.3 Å². The predicted molar refractivity (Wildman–Crippen MR) is 318 cm³/mol. The van der Waals surface area contributed by atoms with E-state index in [1.165, 1.54) is 5.56 Å². The number of hydrogen-bond acceptors (Lipinski definition) is 6. The highest BCUT2D eigenvalue weighted by molar-refractivity contribution is 5.82. The Morgan fingerprint density at radius 1 is 0.231 bits per heavy atom. The van der Waals surface area contributed by atoms with Crippen molar-refractivity contribution >= 4 is 5.57 Å². The molecule has 6 nitrogen and oxygen atoms in total. The van der Waals surface area contributed by atoms with Crippen molar-refractivity contribution in [3.63, 3.8) is 0 Å². The van der Waals surface area contributed by atoms with Crippen molar-refractivity contribution in [1.29, 1.82) is 0 Å². The van der Waals surface area contributed by atoms with Crippen LogP contribution in [0.5, 0.6) is 0 Å². The van der Waals surface area contributed by atoms with Gasteiger partial charge in [0.1, 0.15) is 5.82 Å². The fourth-order valence-corrected chi connectivity index (χ4v) is 10.2. The lowest BCUT2D eigenvalue weighted by atomic mass is 9.91. The first kappa shape index (κ1) is 47.4. The van der Waals surface area contributed by atoms with Crippen LogP contribution < -0.4 is 0 Å². The highest BCUT2D eigenvalue weighted by atomic mass is 15.0. The van der Waals surface area contributed by atoms with Crippen LogP contribution in [-0.4, -0.2) is 29.9 Å². The average Bonchev–Trinajstić information content (AvgIpc) is 3.58.